The third kappa shape index (κ3) is 4.25. The third-order valence-electron chi connectivity index (χ3n) is 4.32. The number of aliphatic carboxylic acids is 2. The van der Waals surface area contributed by atoms with Gasteiger partial charge in [0, 0.05) is 31.5 Å². The summed E-state index contributed by atoms with van der Waals surface area (Å²) in [6.07, 6.45) is 2.60. The Hall–Kier alpha value is -1.72. The van der Waals surface area contributed by atoms with E-state index in [0.29, 0.717) is 29.9 Å². The second-order valence-corrected chi connectivity index (χ2v) is 8.05. The van der Waals surface area contributed by atoms with E-state index in [-0.39, 0.29) is 18.5 Å². The number of β-lactam (4-membered cyclic amide) rings is 1. The van der Waals surface area contributed by atoms with Crippen LogP contribution in [-0.4, -0.2) is 74.8 Å². The van der Waals surface area contributed by atoms with Crippen LogP contribution < -0.4 is 5.32 Å². The maximum atomic E-state index is 12.8. The van der Waals surface area contributed by atoms with E-state index in [0.717, 1.165) is 0 Å². The molecule has 0 spiro atoms. The lowest BCUT2D eigenvalue weighted by Gasteiger charge is -2.55. The SMILES string of the molecule is CO[C@@]1(NC(=O)CCCCC(=O)O)C(=O)N2C(C(=O)O)=C(CSC)CS[C@H]21. The number of amides is 2. The van der Waals surface area contributed by atoms with Crippen molar-refractivity contribution >= 4 is 47.3 Å². The second-order valence-electron chi connectivity index (χ2n) is 6.12. The van der Waals surface area contributed by atoms with E-state index in [4.69, 9.17) is 9.84 Å². The Labute approximate surface area is 164 Å². The first-order chi connectivity index (χ1) is 12.8. The van der Waals surface area contributed by atoms with Crippen molar-refractivity contribution in [1.29, 1.82) is 0 Å². The highest BCUT2D eigenvalue weighted by Crippen LogP contribution is 2.46. The van der Waals surface area contributed by atoms with E-state index in [9.17, 15) is 24.3 Å². The highest BCUT2D eigenvalue weighted by Gasteiger charge is 2.66. The molecule has 2 rings (SSSR count). The molecule has 0 aromatic rings. The molecule has 0 bridgehead atoms. The lowest BCUT2D eigenvalue weighted by Crippen LogP contribution is -2.80. The molecule has 0 radical (unpaired) electrons. The van der Waals surface area contributed by atoms with Crippen molar-refractivity contribution in [2.45, 2.75) is 36.8 Å². The molecule has 2 amide bonds. The summed E-state index contributed by atoms with van der Waals surface area (Å²) in [6, 6.07) is 0. The minimum atomic E-state index is -1.60. The van der Waals surface area contributed by atoms with Gasteiger partial charge in [-0.2, -0.15) is 11.8 Å². The number of hydrogen-bond donors (Lipinski definition) is 3. The number of ether oxygens (including phenoxy) is 1. The first kappa shape index (κ1) is 21.6. The number of methoxy groups -OCH3 is 1. The molecule has 2 atom stereocenters. The highest BCUT2D eigenvalue weighted by atomic mass is 32.2. The fourth-order valence-corrected chi connectivity index (χ4v) is 5.22. The van der Waals surface area contributed by atoms with Crippen molar-refractivity contribution in [3.63, 3.8) is 0 Å². The molecule has 0 unspecified atom stereocenters. The summed E-state index contributed by atoms with van der Waals surface area (Å²) in [5, 5.41) is 20.1. The van der Waals surface area contributed by atoms with Crippen LogP contribution in [0.15, 0.2) is 11.3 Å². The van der Waals surface area contributed by atoms with Crippen LogP contribution in [0.2, 0.25) is 0 Å². The summed E-state index contributed by atoms with van der Waals surface area (Å²) in [4.78, 5) is 48.3. The van der Waals surface area contributed by atoms with Gasteiger partial charge < -0.3 is 20.3 Å². The summed E-state index contributed by atoms with van der Waals surface area (Å²) in [7, 11) is 1.29. The molecule has 2 heterocycles. The van der Waals surface area contributed by atoms with Crippen molar-refractivity contribution < 1.29 is 34.1 Å². The summed E-state index contributed by atoms with van der Waals surface area (Å²) in [5.41, 5.74) is -0.976. The Morgan fingerprint density at radius 3 is 2.56 bits per heavy atom. The lowest BCUT2D eigenvalue weighted by atomic mass is 9.98. The van der Waals surface area contributed by atoms with E-state index >= 15 is 0 Å². The zero-order chi connectivity index (χ0) is 20.2. The number of carbonyl (C=O) groups excluding carboxylic acids is 2. The van der Waals surface area contributed by atoms with Gasteiger partial charge in [0.05, 0.1) is 0 Å². The molecule has 0 aromatic heterocycles. The van der Waals surface area contributed by atoms with Crippen molar-refractivity contribution in [3.05, 3.63) is 11.3 Å². The molecule has 2 aliphatic rings. The van der Waals surface area contributed by atoms with Crippen molar-refractivity contribution in [3.8, 4) is 0 Å². The Morgan fingerprint density at radius 2 is 2.00 bits per heavy atom. The number of rotatable bonds is 10. The molecule has 150 valence electrons. The molecular weight excluding hydrogens is 396 g/mol. The van der Waals surface area contributed by atoms with Gasteiger partial charge in [0.15, 0.2) is 0 Å². The maximum absolute atomic E-state index is 12.8. The van der Waals surface area contributed by atoms with Gasteiger partial charge >= 0.3 is 11.9 Å². The van der Waals surface area contributed by atoms with Crippen molar-refractivity contribution in [2.75, 3.05) is 24.9 Å². The Morgan fingerprint density at radius 1 is 1.33 bits per heavy atom. The average Bonchev–Trinajstić information content (AvgIpc) is 2.62. The van der Waals surface area contributed by atoms with E-state index < -0.39 is 34.9 Å². The second kappa shape index (κ2) is 8.98. The van der Waals surface area contributed by atoms with Crippen LogP contribution in [0, 0.1) is 0 Å². The molecule has 0 aromatic carbocycles. The van der Waals surface area contributed by atoms with Crippen LogP contribution in [0.1, 0.15) is 25.7 Å². The maximum Gasteiger partial charge on any atom is 0.352 e. The average molecular weight is 418 g/mol. The van der Waals surface area contributed by atoms with E-state index in [1.807, 2.05) is 6.26 Å². The Kier molecular flexibility index (Phi) is 7.18. The summed E-state index contributed by atoms with van der Waals surface area (Å²) < 4.78 is 5.34. The van der Waals surface area contributed by atoms with Crippen LogP contribution in [0.3, 0.4) is 0 Å². The lowest BCUT2D eigenvalue weighted by molar-refractivity contribution is -0.192. The van der Waals surface area contributed by atoms with Crippen LogP contribution in [0.25, 0.3) is 0 Å². The van der Waals surface area contributed by atoms with Crippen LogP contribution >= 0.6 is 23.5 Å². The molecule has 11 heteroatoms. The normalized spacial score (nSPS) is 24.3. The van der Waals surface area contributed by atoms with Gasteiger partial charge in [-0.1, -0.05) is 0 Å². The number of unbranched alkanes of at least 4 members (excludes halogenated alkanes) is 1. The number of thioether (sulfide) groups is 2. The largest absolute Gasteiger partial charge is 0.481 e. The topological polar surface area (TPSA) is 133 Å². The molecule has 2 aliphatic heterocycles. The number of hydrogen-bond acceptors (Lipinski definition) is 7. The molecule has 9 nitrogen and oxygen atoms in total. The number of carboxylic acids is 2. The number of carbonyl (C=O) groups is 4. The summed E-state index contributed by atoms with van der Waals surface area (Å²) >= 11 is 2.82. The van der Waals surface area contributed by atoms with Gasteiger partial charge in [0.2, 0.25) is 5.91 Å². The van der Waals surface area contributed by atoms with Gasteiger partial charge in [0.25, 0.3) is 11.6 Å². The molecule has 0 aliphatic carbocycles. The van der Waals surface area contributed by atoms with Gasteiger partial charge in [0.1, 0.15) is 11.1 Å². The first-order valence-electron chi connectivity index (χ1n) is 8.26. The molecule has 3 N–H and O–H groups in total. The predicted molar refractivity (Wildman–Crippen MR) is 100 cm³/mol. The minimum Gasteiger partial charge on any atom is -0.481 e. The number of nitrogens with one attached hydrogen (secondary N) is 1. The quantitative estimate of drug-likeness (QED) is 0.266. The zero-order valence-electron chi connectivity index (χ0n) is 15.0. The monoisotopic (exact) mass is 418 g/mol. The van der Waals surface area contributed by atoms with Crippen LogP contribution in [0.5, 0.6) is 0 Å². The number of fused-ring (bicyclic) bond motifs is 1. The molecular formula is C16H22N2O7S2. The van der Waals surface area contributed by atoms with Gasteiger partial charge in [-0.3, -0.25) is 19.3 Å². The zero-order valence-corrected chi connectivity index (χ0v) is 16.7. The summed E-state index contributed by atoms with van der Waals surface area (Å²) in [5.74, 6) is -2.23. The van der Waals surface area contributed by atoms with Crippen LogP contribution in [0.4, 0.5) is 0 Å². The fourth-order valence-electron chi connectivity index (χ4n) is 3.06. The first-order valence-corrected chi connectivity index (χ1v) is 10.7. The van der Waals surface area contributed by atoms with Gasteiger partial charge in [-0.25, -0.2) is 4.79 Å². The van der Waals surface area contributed by atoms with E-state index in [1.54, 1.807) is 0 Å². The van der Waals surface area contributed by atoms with Crippen molar-refractivity contribution in [1.82, 2.24) is 10.2 Å². The number of carboxylic acid groups (broad SMARTS) is 2. The standard InChI is InChI=1S/C16H22N2O7S2/c1-25-16(17-10(19)5-3-4-6-11(20)21)14(24)18-12(13(22)23)9(7-26-2)8-27-15(16)18/h15H,3-8H2,1-2H3,(H,17,19)(H,20,21)(H,22,23)/t15-,16-/m0/s1. The van der Waals surface area contributed by atoms with Crippen LogP contribution in [-0.2, 0) is 23.9 Å². The highest BCUT2D eigenvalue weighted by molar-refractivity contribution is 8.00. The Balaban J connectivity index is 2.10. The third-order valence-corrected chi connectivity index (χ3v) is 6.33. The number of nitrogens with zero attached hydrogens (tertiary/aromatic N) is 1. The van der Waals surface area contributed by atoms with Gasteiger partial charge in [-0.05, 0) is 24.7 Å². The predicted octanol–water partition coefficient (Wildman–Crippen LogP) is 0.707. The Bertz CT molecular complexity index is 682. The van der Waals surface area contributed by atoms with E-state index in [1.165, 1.54) is 35.5 Å². The summed E-state index contributed by atoms with van der Waals surface area (Å²) in [6.45, 7) is 0. The molecule has 1 fully saturated rings. The van der Waals surface area contributed by atoms with Gasteiger partial charge in [-0.15, -0.1) is 11.8 Å². The smallest absolute Gasteiger partial charge is 0.352 e. The minimum absolute atomic E-state index is 0.0289. The molecule has 0 saturated carbocycles. The molecule has 1 saturated heterocycles. The fraction of sp³-hybridized carbons (Fsp3) is 0.625. The van der Waals surface area contributed by atoms with Crippen molar-refractivity contribution in [2.24, 2.45) is 0 Å². The molecule has 27 heavy (non-hydrogen) atoms. The van der Waals surface area contributed by atoms with E-state index in [2.05, 4.69) is 5.32 Å².